The molecule has 6 heteroatoms. The van der Waals surface area contributed by atoms with Gasteiger partial charge in [-0.25, -0.2) is 4.98 Å². The fourth-order valence-corrected chi connectivity index (χ4v) is 3.59. The first-order valence-electron chi connectivity index (χ1n) is 6.38. The van der Waals surface area contributed by atoms with Crippen LogP contribution in [0.2, 0.25) is 0 Å². The molecule has 0 aromatic carbocycles. The van der Waals surface area contributed by atoms with Crippen LogP contribution in [-0.2, 0) is 0 Å². The number of amidine groups is 1. The molecule has 0 bridgehead atoms. The number of pyridine rings is 1. The number of hydrogen-bond donors (Lipinski definition) is 0. The molecule has 0 fully saturated rings. The van der Waals surface area contributed by atoms with Gasteiger partial charge in [-0.3, -0.25) is 9.98 Å². The highest BCUT2D eigenvalue weighted by atomic mass is 32.2. The molecular weight excluding hydrogens is 288 g/mol. The van der Waals surface area contributed by atoms with Crippen molar-refractivity contribution in [3.05, 3.63) is 30.2 Å². The summed E-state index contributed by atoms with van der Waals surface area (Å²) in [7, 11) is 3.87. The van der Waals surface area contributed by atoms with E-state index in [-0.39, 0.29) is 0 Å². The molecule has 0 aliphatic heterocycles. The van der Waals surface area contributed by atoms with E-state index >= 15 is 0 Å². The number of nitrogens with zero attached hydrogens (tertiary/aromatic N) is 4. The van der Waals surface area contributed by atoms with Crippen molar-refractivity contribution in [2.75, 3.05) is 24.7 Å². The predicted molar refractivity (Wildman–Crippen MR) is 90.0 cm³/mol. The Morgan fingerprint density at radius 2 is 2.30 bits per heavy atom. The number of anilines is 1. The second-order valence-corrected chi connectivity index (χ2v) is 6.36. The third-order valence-corrected chi connectivity index (χ3v) is 5.02. The molecule has 20 heavy (non-hydrogen) atoms. The van der Waals surface area contributed by atoms with E-state index in [0.717, 1.165) is 32.2 Å². The van der Waals surface area contributed by atoms with Crippen LogP contribution in [0, 0.1) is 6.92 Å². The normalized spacial score (nSPS) is 11.7. The molecule has 2 aromatic heterocycles. The maximum atomic E-state index is 4.65. The van der Waals surface area contributed by atoms with E-state index in [0.29, 0.717) is 0 Å². The number of aromatic nitrogens is 2. The first kappa shape index (κ1) is 15.0. The molecule has 0 atom stereocenters. The Kier molecular flexibility index (Phi) is 5.14. The molecule has 0 saturated carbocycles. The molecule has 0 radical (unpaired) electrons. The van der Waals surface area contributed by atoms with Gasteiger partial charge in [0.1, 0.15) is 10.0 Å². The molecule has 2 aromatic rings. The second kappa shape index (κ2) is 6.85. The van der Waals surface area contributed by atoms with Crippen LogP contribution in [-0.4, -0.2) is 35.0 Å². The lowest BCUT2D eigenvalue weighted by Crippen LogP contribution is -2.23. The van der Waals surface area contributed by atoms with Gasteiger partial charge in [-0.15, -0.1) is 0 Å². The Hall–Kier alpha value is -1.40. The van der Waals surface area contributed by atoms with Gasteiger partial charge in [0.15, 0.2) is 5.17 Å². The molecule has 0 amide bonds. The Balaban J connectivity index is 2.32. The van der Waals surface area contributed by atoms with Crippen LogP contribution in [0.3, 0.4) is 0 Å². The zero-order valence-electron chi connectivity index (χ0n) is 12.1. The molecule has 4 nitrogen and oxygen atoms in total. The summed E-state index contributed by atoms with van der Waals surface area (Å²) in [4.78, 5) is 15.3. The minimum absolute atomic E-state index is 0.995. The molecule has 0 aliphatic rings. The Morgan fingerprint density at radius 3 is 2.90 bits per heavy atom. The van der Waals surface area contributed by atoms with Gasteiger partial charge in [0.05, 0.1) is 5.69 Å². The monoisotopic (exact) mass is 306 g/mol. The number of thiazole rings is 1. The van der Waals surface area contributed by atoms with Crippen LogP contribution in [0.15, 0.2) is 29.5 Å². The van der Waals surface area contributed by atoms with Gasteiger partial charge in [0.2, 0.25) is 0 Å². The van der Waals surface area contributed by atoms with Crippen LogP contribution in [0.25, 0.3) is 10.6 Å². The lowest BCUT2D eigenvalue weighted by molar-refractivity contribution is 1.20. The van der Waals surface area contributed by atoms with E-state index < -0.39 is 0 Å². The summed E-state index contributed by atoms with van der Waals surface area (Å²) in [5.41, 5.74) is 2.08. The summed E-state index contributed by atoms with van der Waals surface area (Å²) < 4.78 is 0. The minimum atomic E-state index is 0.995. The summed E-state index contributed by atoms with van der Waals surface area (Å²) in [5.74, 6) is 1.00. The lowest BCUT2D eigenvalue weighted by Gasteiger charge is -2.18. The quantitative estimate of drug-likeness (QED) is 0.640. The van der Waals surface area contributed by atoms with E-state index in [9.17, 15) is 0 Å². The van der Waals surface area contributed by atoms with E-state index in [1.807, 2.05) is 39.3 Å². The highest BCUT2D eigenvalue weighted by molar-refractivity contribution is 8.14. The highest BCUT2D eigenvalue weighted by Gasteiger charge is 2.16. The largest absolute Gasteiger partial charge is 0.314 e. The summed E-state index contributed by atoms with van der Waals surface area (Å²) in [5, 5.41) is 3.14. The third-order valence-electron chi connectivity index (χ3n) is 2.74. The van der Waals surface area contributed by atoms with E-state index in [1.54, 1.807) is 29.3 Å². The minimum Gasteiger partial charge on any atom is -0.314 e. The number of hydrogen-bond acceptors (Lipinski definition) is 5. The lowest BCUT2D eigenvalue weighted by atomic mass is 10.3. The first-order chi connectivity index (χ1) is 9.67. The molecular formula is C14H18N4S2. The van der Waals surface area contributed by atoms with Crippen LogP contribution >= 0.6 is 23.1 Å². The second-order valence-electron chi connectivity index (χ2n) is 4.15. The summed E-state index contributed by atoms with van der Waals surface area (Å²) in [6.45, 7) is 4.16. The standard InChI is InChI=1S/C14H18N4S2/c1-5-19-14(15-3)18(4)13-10(2)17-12(20-13)11-7-6-8-16-9-11/h6-9H,5H2,1-4H3. The van der Waals surface area contributed by atoms with E-state index in [4.69, 9.17) is 0 Å². The smallest absolute Gasteiger partial charge is 0.163 e. The van der Waals surface area contributed by atoms with E-state index in [1.165, 1.54) is 0 Å². The zero-order chi connectivity index (χ0) is 14.5. The van der Waals surface area contributed by atoms with Crippen molar-refractivity contribution in [2.24, 2.45) is 4.99 Å². The van der Waals surface area contributed by atoms with Crippen molar-refractivity contribution < 1.29 is 0 Å². The molecule has 0 spiro atoms. The molecule has 0 aliphatic carbocycles. The van der Waals surface area contributed by atoms with Crippen molar-refractivity contribution in [1.82, 2.24) is 9.97 Å². The van der Waals surface area contributed by atoms with Crippen LogP contribution in [0.5, 0.6) is 0 Å². The topological polar surface area (TPSA) is 41.4 Å². The fraction of sp³-hybridized carbons (Fsp3) is 0.357. The molecule has 106 valence electrons. The van der Waals surface area contributed by atoms with Gasteiger partial charge in [0, 0.05) is 32.1 Å². The van der Waals surface area contributed by atoms with Crippen LogP contribution < -0.4 is 4.90 Å². The van der Waals surface area contributed by atoms with Crippen LogP contribution in [0.1, 0.15) is 12.6 Å². The van der Waals surface area contributed by atoms with Gasteiger partial charge in [-0.05, 0) is 24.8 Å². The predicted octanol–water partition coefficient (Wildman–Crippen LogP) is 3.69. The highest BCUT2D eigenvalue weighted by Crippen LogP contribution is 2.34. The van der Waals surface area contributed by atoms with Crippen molar-refractivity contribution in [3.63, 3.8) is 0 Å². The van der Waals surface area contributed by atoms with Gasteiger partial charge < -0.3 is 4.90 Å². The fourth-order valence-electron chi connectivity index (χ4n) is 1.84. The Labute approximate surface area is 128 Å². The van der Waals surface area contributed by atoms with Crippen molar-refractivity contribution in [3.8, 4) is 10.6 Å². The third kappa shape index (κ3) is 3.19. The maximum Gasteiger partial charge on any atom is 0.163 e. The van der Waals surface area contributed by atoms with Crippen molar-refractivity contribution in [1.29, 1.82) is 0 Å². The maximum absolute atomic E-state index is 4.65. The molecule has 2 rings (SSSR count). The van der Waals surface area contributed by atoms with Gasteiger partial charge >= 0.3 is 0 Å². The summed E-state index contributed by atoms with van der Waals surface area (Å²) in [6.07, 6.45) is 3.62. The molecule has 2 heterocycles. The van der Waals surface area contributed by atoms with Crippen molar-refractivity contribution >= 4 is 33.3 Å². The summed E-state index contributed by atoms with van der Waals surface area (Å²) in [6, 6.07) is 3.96. The number of rotatable bonds is 3. The van der Waals surface area contributed by atoms with Gasteiger partial charge in [-0.2, -0.15) is 0 Å². The molecule has 0 unspecified atom stereocenters. The molecule has 0 N–H and O–H groups in total. The SMILES string of the molecule is CCSC(=NC)N(C)c1sc(-c2cccnc2)nc1C. The van der Waals surface area contributed by atoms with Gasteiger partial charge in [-0.1, -0.05) is 30.0 Å². The van der Waals surface area contributed by atoms with Gasteiger partial charge in [0.25, 0.3) is 0 Å². The summed E-state index contributed by atoms with van der Waals surface area (Å²) >= 11 is 3.41. The number of thioether (sulfide) groups is 1. The zero-order valence-corrected chi connectivity index (χ0v) is 13.8. The number of aliphatic imine (C=N–C) groups is 1. The van der Waals surface area contributed by atoms with Crippen LogP contribution in [0.4, 0.5) is 5.00 Å². The van der Waals surface area contributed by atoms with Crippen molar-refractivity contribution in [2.45, 2.75) is 13.8 Å². The average Bonchev–Trinajstić information content (AvgIpc) is 2.87. The Bertz CT molecular complexity index is 592. The first-order valence-corrected chi connectivity index (χ1v) is 8.18. The molecule has 0 saturated heterocycles. The number of aryl methyl sites for hydroxylation is 1. The van der Waals surface area contributed by atoms with E-state index in [2.05, 4.69) is 26.8 Å². The average molecular weight is 306 g/mol. The Morgan fingerprint density at radius 1 is 1.50 bits per heavy atom.